The first kappa shape index (κ1) is 105. The monoisotopic (exact) mass is 2680 g/mol. The molecule has 9 aromatic carbocycles. The van der Waals surface area contributed by atoms with Crippen molar-refractivity contribution in [1.29, 1.82) is 0 Å². The van der Waals surface area contributed by atoms with Gasteiger partial charge in [0.05, 0.1) is 50.7 Å². The third-order valence-electron chi connectivity index (χ3n) is 15.0. The molecule has 16 aromatic rings. The molecule has 0 saturated heterocycles. The number of para-hydroxylation sites is 2. The molecule has 16 rings (SSSR count). The standard InChI is InChI=1S/2C22H10N2O2.C18H10N2.6C5H8O2.6Ir/c1-2-6-13(7-3-1)21-23-12-16-14-10-11-18-19(20(14)26-22(16)24-21)15-8-4-5-9-17(15)25-18;1-2-6-13(7-3-1)21-23-12-17-16-11-10-15-14-8-4-5-9-18(14)25-19(15)20(16)26-22(17)24-21;1-2-5-14-11-17-12-16(18-19-8-3-9-20-18)7-6-15(17)10-13(14)4-1;6*1-4(6)3-5(2)7;;;;;;/h2*1-5,8-12H;1-6,8-11H;6*3,6H,1-2H3;;;;;;/q3*-2;;;;;;;;;;;;. The molecule has 0 aliphatic heterocycles. The van der Waals surface area contributed by atoms with Crippen molar-refractivity contribution in [2.24, 2.45) is 0 Å². The van der Waals surface area contributed by atoms with E-state index in [9.17, 15) is 28.8 Å². The second-order valence-electron chi connectivity index (χ2n) is 25.3. The SMILES string of the molecule is CC(=O)C=C(C)O.CC(=O)C=C(C)O.CC(=O)C=C(C)O.CC(=O)C=C(C)O.CC(=O)C=C(C)O.CC(=O)C=C(C)O.[Ir].[Ir].[Ir].[Ir].[Ir].[Ir].[c-]1cc2cc3ccccc3cc2[c-]c1-c1ncccn1.[c-]1ccc[c-]c1-c1ncc2c(n1)oc1c2ccc2c3ccccc3oc21.[c-]1ccc[c-]c1-c1ncc2c(n1)oc1c2ccc2oc3ccccc3c21. The average Bonchev–Trinajstić information content (AvgIpc) is 1.59. The van der Waals surface area contributed by atoms with Crippen LogP contribution in [0.1, 0.15) is 83.1 Å². The van der Waals surface area contributed by atoms with Gasteiger partial charge in [-0.3, -0.25) is 75.1 Å². The van der Waals surface area contributed by atoms with Gasteiger partial charge in [0.15, 0.2) is 45.9 Å². The molecule has 0 saturated carbocycles. The minimum atomic E-state index is -0.125. The number of fused-ring (bicyclic) bond motifs is 16. The van der Waals surface area contributed by atoms with E-state index in [1.54, 1.807) is 30.9 Å². The Morgan fingerprint density at radius 1 is 0.317 bits per heavy atom. The molecule has 0 bridgehead atoms. The number of benzene rings is 9. The summed E-state index contributed by atoms with van der Waals surface area (Å²) in [5, 5.41) is 62.6. The van der Waals surface area contributed by atoms with Gasteiger partial charge in [0.2, 0.25) is 11.4 Å². The molecule has 0 atom stereocenters. The van der Waals surface area contributed by atoms with Crippen LogP contribution in [0.15, 0.2) is 271 Å². The van der Waals surface area contributed by atoms with Crippen LogP contribution >= 0.6 is 0 Å². The van der Waals surface area contributed by atoms with E-state index in [1.807, 2.05) is 115 Å². The second-order valence-corrected chi connectivity index (χ2v) is 25.3. The van der Waals surface area contributed by atoms with E-state index in [-0.39, 0.29) is 190 Å². The van der Waals surface area contributed by atoms with Crippen LogP contribution < -0.4 is 0 Å². The third kappa shape index (κ3) is 31.7. The third-order valence-corrected chi connectivity index (χ3v) is 15.0. The molecule has 0 amide bonds. The molecular weight excluding hydrogens is 2600 g/mol. The van der Waals surface area contributed by atoms with Crippen molar-refractivity contribution in [2.45, 2.75) is 83.1 Å². The van der Waals surface area contributed by atoms with Gasteiger partial charge in [0.1, 0.15) is 22.3 Å². The molecule has 0 aliphatic carbocycles. The summed E-state index contributed by atoms with van der Waals surface area (Å²) in [6, 6.07) is 70.3. The quantitative estimate of drug-likeness (QED) is 0.0338. The number of carbonyl (C=O) groups excluding carboxylic acids is 6. The topological polar surface area (TPSA) is 354 Å². The first-order chi connectivity index (χ1) is 54.4. The van der Waals surface area contributed by atoms with Crippen LogP contribution in [0, 0.1) is 36.4 Å². The molecule has 6 radical (unpaired) electrons. The Kier molecular flexibility index (Phi) is 45.2. The molecule has 0 fully saturated rings. The average molecular weight is 2680 g/mol. The normalized spacial score (nSPS) is 11.0. The van der Waals surface area contributed by atoms with E-state index >= 15 is 0 Å². The maximum atomic E-state index is 10.0. The number of hydrogen-bond donors (Lipinski definition) is 6. The fraction of sp³-hybridized carbons (Fsp3) is 0.130. The summed E-state index contributed by atoms with van der Waals surface area (Å²) in [6.07, 6.45) is 14.0. The number of rotatable bonds is 9. The van der Waals surface area contributed by atoms with Crippen LogP contribution in [0.5, 0.6) is 0 Å². The first-order valence-electron chi connectivity index (χ1n) is 35.0. The van der Waals surface area contributed by atoms with E-state index in [0.29, 0.717) is 45.6 Å². The van der Waals surface area contributed by atoms with Gasteiger partial charge < -0.3 is 68.2 Å². The number of ketones is 6. The minimum absolute atomic E-state index is 0. The van der Waals surface area contributed by atoms with Crippen LogP contribution in [0.3, 0.4) is 0 Å². The van der Waals surface area contributed by atoms with Gasteiger partial charge in [-0.25, -0.2) is 59.2 Å². The van der Waals surface area contributed by atoms with Crippen LogP contribution in [-0.2, 0) is 149 Å². The molecule has 0 spiro atoms. The van der Waals surface area contributed by atoms with Crippen LogP contribution in [-0.4, -0.2) is 95.2 Å². The maximum absolute atomic E-state index is 10.0. The van der Waals surface area contributed by atoms with E-state index in [1.165, 1.54) is 130 Å². The van der Waals surface area contributed by atoms with Crippen molar-refractivity contribution in [2.75, 3.05) is 0 Å². The molecule has 632 valence electrons. The predicted molar refractivity (Wildman–Crippen MR) is 442 cm³/mol. The Morgan fingerprint density at radius 2 is 0.675 bits per heavy atom. The number of furan rings is 4. The van der Waals surface area contributed by atoms with Gasteiger partial charge in [-0.15, -0.1) is 6.07 Å². The second kappa shape index (κ2) is 51.5. The largest absolute Gasteiger partial charge is 0.512 e. The molecule has 0 aliphatic rings. The van der Waals surface area contributed by atoms with Gasteiger partial charge in [-0.1, -0.05) is 66.7 Å². The number of hydrogen-bond acceptors (Lipinski definition) is 22. The van der Waals surface area contributed by atoms with Crippen LogP contribution in [0.25, 0.3) is 144 Å². The Bertz CT molecular complexity index is 6130. The molecule has 6 N–H and O–H groups in total. The smallest absolute Gasteiger partial charge is 0.213 e. The van der Waals surface area contributed by atoms with Crippen molar-refractivity contribution < 1.29 is 198 Å². The van der Waals surface area contributed by atoms with E-state index in [0.717, 1.165) is 87.3 Å². The minimum Gasteiger partial charge on any atom is -0.512 e. The molecule has 0 unspecified atom stereocenters. The summed E-state index contributed by atoms with van der Waals surface area (Å²) in [7, 11) is 0. The zero-order chi connectivity index (χ0) is 82.7. The van der Waals surface area contributed by atoms with Crippen molar-refractivity contribution in [3.8, 4) is 34.2 Å². The molecule has 7 heterocycles. The van der Waals surface area contributed by atoms with Crippen molar-refractivity contribution in [3.05, 3.63) is 290 Å². The zero-order valence-electron chi connectivity index (χ0n) is 66.2. The summed E-state index contributed by atoms with van der Waals surface area (Å²) < 4.78 is 24.2. The number of aromatic nitrogens is 6. The number of aliphatic hydroxyl groups excluding tert-OH is 6. The number of aliphatic hydroxyl groups is 6. The first-order valence-corrected chi connectivity index (χ1v) is 35.0. The fourth-order valence-electron chi connectivity index (χ4n) is 11.0. The zero-order valence-corrected chi connectivity index (χ0v) is 80.6. The van der Waals surface area contributed by atoms with E-state index in [4.69, 9.17) is 48.3 Å². The summed E-state index contributed by atoms with van der Waals surface area (Å²) in [6.45, 7) is 17.1. The Balaban J connectivity index is 0.000000487. The van der Waals surface area contributed by atoms with Gasteiger partial charge in [-0.05, 0) is 154 Å². The summed E-state index contributed by atoms with van der Waals surface area (Å²) in [4.78, 5) is 86.7. The Hall–Kier alpha value is -10.9. The number of allylic oxidation sites excluding steroid dienone is 12. The summed E-state index contributed by atoms with van der Waals surface area (Å²) in [5.41, 5.74) is 8.00. The van der Waals surface area contributed by atoms with Gasteiger partial charge in [-0.2, -0.15) is 10.8 Å². The Morgan fingerprint density at radius 3 is 1.09 bits per heavy atom. The molecular formula is C92H78Ir6N6O16-6. The number of nitrogens with zero attached hydrogens (tertiary/aromatic N) is 6. The molecule has 22 nitrogen and oxygen atoms in total. The van der Waals surface area contributed by atoms with Crippen LogP contribution in [0.4, 0.5) is 0 Å². The summed E-state index contributed by atoms with van der Waals surface area (Å²) >= 11 is 0. The fourth-order valence-corrected chi connectivity index (χ4v) is 11.0. The van der Waals surface area contributed by atoms with E-state index < -0.39 is 0 Å². The summed E-state index contributed by atoms with van der Waals surface area (Å²) in [5.74, 6) is 1.37. The van der Waals surface area contributed by atoms with Crippen LogP contribution in [0.2, 0.25) is 0 Å². The number of carbonyl (C=O) groups is 6. The molecule has 28 heteroatoms. The predicted octanol–water partition coefficient (Wildman–Crippen LogP) is 21.3. The van der Waals surface area contributed by atoms with Gasteiger partial charge >= 0.3 is 0 Å². The van der Waals surface area contributed by atoms with Gasteiger partial charge in [0, 0.05) is 209 Å². The maximum Gasteiger partial charge on any atom is 0.213 e. The molecule has 120 heavy (non-hydrogen) atoms. The van der Waals surface area contributed by atoms with Crippen molar-refractivity contribution in [1.82, 2.24) is 29.9 Å². The van der Waals surface area contributed by atoms with Gasteiger partial charge in [0.25, 0.3) is 0 Å². The van der Waals surface area contributed by atoms with Crippen molar-refractivity contribution in [3.63, 3.8) is 0 Å². The van der Waals surface area contributed by atoms with E-state index in [2.05, 4.69) is 103 Å². The Labute approximate surface area is 771 Å². The van der Waals surface area contributed by atoms with Crippen molar-refractivity contribution >= 4 is 144 Å². The molecule has 7 aromatic heterocycles.